The van der Waals surface area contributed by atoms with Crippen molar-refractivity contribution >= 4 is 11.6 Å². The largest absolute Gasteiger partial charge is 0.399 e. The van der Waals surface area contributed by atoms with E-state index in [1.807, 2.05) is 12.1 Å². The molecule has 2 rings (SSSR count). The molecule has 0 aliphatic heterocycles. The molecule has 1 aliphatic rings. The molecule has 0 aromatic heterocycles. The Balaban J connectivity index is 1.83. The van der Waals surface area contributed by atoms with Crippen LogP contribution in [0.5, 0.6) is 0 Å². The molecular formula is C14H20N2O2. The van der Waals surface area contributed by atoms with Gasteiger partial charge in [-0.05, 0) is 43.4 Å². The maximum absolute atomic E-state index is 11.8. The van der Waals surface area contributed by atoms with Gasteiger partial charge in [0.1, 0.15) is 0 Å². The lowest BCUT2D eigenvalue weighted by atomic mass is 9.93. The van der Waals surface area contributed by atoms with Crippen molar-refractivity contribution in [2.75, 3.05) is 5.73 Å². The van der Waals surface area contributed by atoms with E-state index >= 15 is 0 Å². The normalized spacial score (nSPS) is 23.6. The minimum absolute atomic E-state index is 0.0128. The number of hydrogen-bond acceptors (Lipinski definition) is 3. The topological polar surface area (TPSA) is 75.4 Å². The molecule has 2 unspecified atom stereocenters. The Hall–Kier alpha value is -1.55. The molecule has 0 spiro atoms. The van der Waals surface area contributed by atoms with Gasteiger partial charge >= 0.3 is 0 Å². The third kappa shape index (κ3) is 3.74. The van der Waals surface area contributed by atoms with Crippen LogP contribution >= 0.6 is 0 Å². The summed E-state index contributed by atoms with van der Waals surface area (Å²) in [6.45, 7) is 0. The first-order valence-electron chi connectivity index (χ1n) is 6.45. The van der Waals surface area contributed by atoms with Crippen LogP contribution in [0.25, 0.3) is 0 Å². The van der Waals surface area contributed by atoms with Crippen molar-refractivity contribution in [3.8, 4) is 0 Å². The number of benzene rings is 1. The number of nitrogens with one attached hydrogen (secondary N) is 1. The third-order valence-electron chi connectivity index (χ3n) is 3.36. The van der Waals surface area contributed by atoms with E-state index in [2.05, 4.69) is 5.32 Å². The van der Waals surface area contributed by atoms with Crippen LogP contribution in [0.15, 0.2) is 24.3 Å². The minimum atomic E-state index is -0.263. The summed E-state index contributed by atoms with van der Waals surface area (Å²) in [4.78, 5) is 11.8. The number of rotatable bonds is 3. The van der Waals surface area contributed by atoms with E-state index in [0.29, 0.717) is 18.5 Å². The van der Waals surface area contributed by atoms with Gasteiger partial charge in [-0.2, -0.15) is 0 Å². The highest BCUT2D eigenvalue weighted by Gasteiger charge is 2.21. The zero-order valence-electron chi connectivity index (χ0n) is 10.4. The van der Waals surface area contributed by atoms with Crippen LogP contribution in [0.2, 0.25) is 0 Å². The second kappa shape index (κ2) is 5.87. The fourth-order valence-corrected chi connectivity index (χ4v) is 2.39. The van der Waals surface area contributed by atoms with Gasteiger partial charge in [-0.25, -0.2) is 0 Å². The van der Waals surface area contributed by atoms with Gasteiger partial charge in [-0.1, -0.05) is 12.1 Å². The highest BCUT2D eigenvalue weighted by Crippen LogP contribution is 2.18. The molecule has 1 fully saturated rings. The molecule has 1 amide bonds. The molecule has 1 aromatic carbocycles. The van der Waals surface area contributed by atoms with Crippen molar-refractivity contribution in [2.45, 2.75) is 44.2 Å². The number of nitrogens with two attached hydrogens (primary N) is 1. The van der Waals surface area contributed by atoms with E-state index < -0.39 is 0 Å². The summed E-state index contributed by atoms with van der Waals surface area (Å²) in [5.41, 5.74) is 7.25. The maximum Gasteiger partial charge on any atom is 0.224 e. The first-order chi connectivity index (χ1) is 8.63. The molecular weight excluding hydrogens is 228 g/mol. The number of hydrogen-bond donors (Lipinski definition) is 3. The van der Waals surface area contributed by atoms with Crippen molar-refractivity contribution < 1.29 is 9.90 Å². The number of carbonyl (C=O) groups excluding carboxylic acids is 1. The Morgan fingerprint density at radius 3 is 2.72 bits per heavy atom. The van der Waals surface area contributed by atoms with Gasteiger partial charge in [0.25, 0.3) is 0 Å². The minimum Gasteiger partial charge on any atom is -0.399 e. The first kappa shape index (κ1) is 12.9. The number of aliphatic hydroxyl groups is 1. The predicted molar refractivity (Wildman–Crippen MR) is 71.0 cm³/mol. The van der Waals surface area contributed by atoms with E-state index in [1.54, 1.807) is 12.1 Å². The van der Waals surface area contributed by atoms with Crippen molar-refractivity contribution in [1.29, 1.82) is 0 Å². The summed E-state index contributed by atoms with van der Waals surface area (Å²) in [5, 5.41) is 12.5. The molecule has 4 heteroatoms. The fraction of sp³-hybridized carbons (Fsp3) is 0.500. The van der Waals surface area contributed by atoms with E-state index in [1.165, 1.54) is 0 Å². The lowest BCUT2D eigenvalue weighted by Gasteiger charge is -2.26. The maximum atomic E-state index is 11.8. The molecule has 98 valence electrons. The van der Waals surface area contributed by atoms with Crippen molar-refractivity contribution in [2.24, 2.45) is 0 Å². The Labute approximate surface area is 107 Å². The van der Waals surface area contributed by atoms with Crippen LogP contribution in [0.4, 0.5) is 5.69 Å². The molecule has 1 saturated carbocycles. The third-order valence-corrected chi connectivity index (χ3v) is 3.36. The van der Waals surface area contributed by atoms with Crippen molar-refractivity contribution in [3.63, 3.8) is 0 Å². The van der Waals surface area contributed by atoms with Gasteiger partial charge in [0.2, 0.25) is 5.91 Å². The zero-order valence-corrected chi connectivity index (χ0v) is 10.4. The van der Waals surface area contributed by atoms with Gasteiger partial charge in [0, 0.05) is 11.7 Å². The van der Waals surface area contributed by atoms with Crippen molar-refractivity contribution in [3.05, 3.63) is 29.8 Å². The standard InChI is InChI=1S/C14H20N2O2/c15-11-6-4-10(5-7-11)8-14(18)16-12-2-1-3-13(17)9-12/h4-7,12-13,17H,1-3,8-9,15H2,(H,16,18). The number of carbonyl (C=O) groups is 1. The van der Waals surface area contributed by atoms with E-state index in [9.17, 15) is 9.90 Å². The van der Waals surface area contributed by atoms with Crippen LogP contribution in [-0.4, -0.2) is 23.2 Å². The van der Waals surface area contributed by atoms with Crippen LogP contribution < -0.4 is 11.1 Å². The molecule has 1 aliphatic carbocycles. The summed E-state index contributed by atoms with van der Waals surface area (Å²) in [6.07, 6.45) is 3.57. The highest BCUT2D eigenvalue weighted by atomic mass is 16.3. The zero-order chi connectivity index (χ0) is 13.0. The monoisotopic (exact) mass is 248 g/mol. The molecule has 4 nitrogen and oxygen atoms in total. The van der Waals surface area contributed by atoms with Crippen LogP contribution in [-0.2, 0) is 11.2 Å². The van der Waals surface area contributed by atoms with Crippen LogP contribution in [0.1, 0.15) is 31.2 Å². The van der Waals surface area contributed by atoms with E-state index in [0.717, 1.165) is 24.8 Å². The highest BCUT2D eigenvalue weighted by molar-refractivity contribution is 5.79. The lowest BCUT2D eigenvalue weighted by molar-refractivity contribution is -0.121. The Morgan fingerprint density at radius 2 is 2.06 bits per heavy atom. The summed E-state index contributed by atoms with van der Waals surface area (Å²) >= 11 is 0. The average molecular weight is 248 g/mol. The molecule has 4 N–H and O–H groups in total. The van der Waals surface area contributed by atoms with E-state index in [-0.39, 0.29) is 18.1 Å². The molecule has 1 aromatic rings. The molecule has 0 radical (unpaired) electrons. The SMILES string of the molecule is Nc1ccc(CC(=O)NC2CCCC(O)C2)cc1. The van der Waals surface area contributed by atoms with Crippen molar-refractivity contribution in [1.82, 2.24) is 5.32 Å². The van der Waals surface area contributed by atoms with Crippen LogP contribution in [0.3, 0.4) is 0 Å². The van der Waals surface area contributed by atoms with E-state index in [4.69, 9.17) is 5.73 Å². The summed E-state index contributed by atoms with van der Waals surface area (Å²) < 4.78 is 0. The quantitative estimate of drug-likeness (QED) is 0.704. The van der Waals surface area contributed by atoms with Gasteiger partial charge in [-0.3, -0.25) is 4.79 Å². The summed E-state index contributed by atoms with van der Waals surface area (Å²) in [6, 6.07) is 7.45. The summed E-state index contributed by atoms with van der Waals surface area (Å²) in [7, 11) is 0. The van der Waals surface area contributed by atoms with Gasteiger partial charge < -0.3 is 16.2 Å². The smallest absolute Gasteiger partial charge is 0.224 e. The molecule has 0 saturated heterocycles. The van der Waals surface area contributed by atoms with Gasteiger partial charge in [0.15, 0.2) is 0 Å². The number of anilines is 1. The second-order valence-electron chi connectivity index (χ2n) is 5.00. The number of nitrogen functional groups attached to an aromatic ring is 1. The lowest BCUT2D eigenvalue weighted by Crippen LogP contribution is -2.40. The predicted octanol–water partition coefficient (Wildman–Crippen LogP) is 1.23. The molecule has 0 heterocycles. The first-order valence-corrected chi connectivity index (χ1v) is 6.45. The number of aliphatic hydroxyl groups excluding tert-OH is 1. The molecule has 2 atom stereocenters. The van der Waals surface area contributed by atoms with Crippen LogP contribution in [0, 0.1) is 0 Å². The fourth-order valence-electron chi connectivity index (χ4n) is 2.39. The summed E-state index contributed by atoms with van der Waals surface area (Å²) in [5.74, 6) is 0.0128. The number of amides is 1. The van der Waals surface area contributed by atoms with Gasteiger partial charge in [0.05, 0.1) is 12.5 Å². The second-order valence-corrected chi connectivity index (χ2v) is 5.00. The Kier molecular flexibility index (Phi) is 4.20. The van der Waals surface area contributed by atoms with Gasteiger partial charge in [-0.15, -0.1) is 0 Å². The molecule has 18 heavy (non-hydrogen) atoms. The Bertz CT molecular complexity index is 403. The Morgan fingerprint density at radius 1 is 1.33 bits per heavy atom. The average Bonchev–Trinajstić information content (AvgIpc) is 2.32. The molecule has 0 bridgehead atoms.